The lowest BCUT2D eigenvalue weighted by atomic mass is 10.1. The molecule has 0 spiro atoms. The van der Waals surface area contributed by atoms with Crippen molar-refractivity contribution in [3.63, 3.8) is 0 Å². The first-order valence-electron chi connectivity index (χ1n) is 6.15. The van der Waals surface area contributed by atoms with E-state index in [4.69, 9.17) is 32.7 Å². The summed E-state index contributed by atoms with van der Waals surface area (Å²) < 4.78 is 13.7. The predicted octanol–water partition coefficient (Wildman–Crippen LogP) is 3.29. The Morgan fingerprint density at radius 3 is 2.90 bits per heavy atom. The first-order chi connectivity index (χ1) is 9.59. The van der Waals surface area contributed by atoms with Crippen molar-refractivity contribution in [2.24, 2.45) is 0 Å². The van der Waals surface area contributed by atoms with Crippen molar-refractivity contribution in [2.75, 3.05) is 6.61 Å². The van der Waals surface area contributed by atoms with Gasteiger partial charge in [-0.1, -0.05) is 29.3 Å². The smallest absolute Gasteiger partial charge is 0.215 e. The van der Waals surface area contributed by atoms with Crippen LogP contribution in [0, 0.1) is 6.92 Å². The molecular formula is C14H13Cl2N2O2. The number of aromatic nitrogens is 2. The van der Waals surface area contributed by atoms with Crippen molar-refractivity contribution < 1.29 is 9.47 Å². The van der Waals surface area contributed by atoms with Gasteiger partial charge >= 0.3 is 0 Å². The number of imidazole rings is 1. The van der Waals surface area contributed by atoms with E-state index < -0.39 is 5.79 Å². The lowest BCUT2D eigenvalue weighted by molar-refractivity contribution is -0.182. The van der Waals surface area contributed by atoms with E-state index in [1.807, 2.05) is 16.8 Å². The van der Waals surface area contributed by atoms with E-state index in [1.165, 1.54) is 0 Å². The second kappa shape index (κ2) is 5.37. The standard InChI is InChI=1S/C14H13Cl2N2O2/c1-10-7-19-14(20-10,8-18-5-4-17-9-18)12-3-2-11(15)6-13(12)16/h2-6,9-10H,1,7-8H2. The van der Waals surface area contributed by atoms with Crippen LogP contribution in [0.25, 0.3) is 0 Å². The summed E-state index contributed by atoms with van der Waals surface area (Å²) in [6.45, 7) is 4.75. The molecule has 2 aromatic rings. The Morgan fingerprint density at radius 1 is 1.45 bits per heavy atom. The van der Waals surface area contributed by atoms with Gasteiger partial charge in [0, 0.05) is 23.0 Å². The highest BCUT2D eigenvalue weighted by Crippen LogP contribution is 2.40. The fourth-order valence-corrected chi connectivity index (χ4v) is 2.85. The number of nitrogens with zero attached hydrogens (tertiary/aromatic N) is 2. The van der Waals surface area contributed by atoms with Gasteiger partial charge in [0.1, 0.15) is 0 Å². The molecule has 1 aromatic carbocycles. The maximum absolute atomic E-state index is 6.30. The van der Waals surface area contributed by atoms with Gasteiger partial charge in [-0.25, -0.2) is 4.98 Å². The van der Waals surface area contributed by atoms with Gasteiger partial charge in [-0.05, 0) is 19.1 Å². The number of hydrogen-bond acceptors (Lipinski definition) is 3. The van der Waals surface area contributed by atoms with Crippen molar-refractivity contribution in [1.82, 2.24) is 9.55 Å². The third-order valence-electron chi connectivity index (χ3n) is 3.15. The number of hydrogen-bond donors (Lipinski definition) is 0. The molecule has 0 saturated carbocycles. The Morgan fingerprint density at radius 2 is 2.30 bits per heavy atom. The van der Waals surface area contributed by atoms with Crippen molar-refractivity contribution in [3.8, 4) is 0 Å². The van der Waals surface area contributed by atoms with E-state index >= 15 is 0 Å². The number of ether oxygens (including phenoxy) is 2. The van der Waals surface area contributed by atoms with Crippen molar-refractivity contribution in [1.29, 1.82) is 0 Å². The van der Waals surface area contributed by atoms with Gasteiger partial charge < -0.3 is 14.0 Å². The average Bonchev–Trinajstić information content (AvgIpc) is 3.00. The van der Waals surface area contributed by atoms with Crippen molar-refractivity contribution >= 4 is 23.2 Å². The number of halogens is 2. The molecule has 0 bridgehead atoms. The number of benzene rings is 1. The first kappa shape index (κ1) is 13.9. The molecule has 20 heavy (non-hydrogen) atoms. The van der Waals surface area contributed by atoms with Gasteiger partial charge in [-0.3, -0.25) is 0 Å². The zero-order valence-corrected chi connectivity index (χ0v) is 12.1. The molecule has 1 aromatic heterocycles. The van der Waals surface area contributed by atoms with E-state index in [2.05, 4.69) is 11.9 Å². The van der Waals surface area contributed by atoms with Gasteiger partial charge in [0.05, 0.1) is 30.6 Å². The van der Waals surface area contributed by atoms with Crippen LogP contribution in [0.4, 0.5) is 0 Å². The summed E-state index contributed by atoms with van der Waals surface area (Å²) in [4.78, 5) is 4.03. The minimum absolute atomic E-state index is 0.245. The van der Waals surface area contributed by atoms with Crippen LogP contribution in [0.1, 0.15) is 5.56 Å². The normalized spacial score (nSPS) is 26.1. The molecule has 2 heterocycles. The minimum atomic E-state index is -0.964. The van der Waals surface area contributed by atoms with E-state index in [-0.39, 0.29) is 6.10 Å². The average molecular weight is 312 g/mol. The highest BCUT2D eigenvalue weighted by atomic mass is 35.5. The fourth-order valence-electron chi connectivity index (χ4n) is 2.29. The number of rotatable bonds is 3. The van der Waals surface area contributed by atoms with Crippen LogP contribution in [-0.2, 0) is 21.8 Å². The summed E-state index contributed by atoms with van der Waals surface area (Å²) in [6, 6.07) is 5.26. The molecule has 6 heteroatoms. The van der Waals surface area contributed by atoms with Crippen LogP contribution in [0.3, 0.4) is 0 Å². The highest BCUT2D eigenvalue weighted by molar-refractivity contribution is 6.35. The van der Waals surface area contributed by atoms with Crippen LogP contribution in [0.2, 0.25) is 10.0 Å². The van der Waals surface area contributed by atoms with Crippen LogP contribution in [-0.4, -0.2) is 22.3 Å². The van der Waals surface area contributed by atoms with Crippen LogP contribution in [0.5, 0.6) is 0 Å². The molecule has 1 aliphatic heterocycles. The zero-order valence-electron chi connectivity index (χ0n) is 10.6. The quantitative estimate of drug-likeness (QED) is 0.872. The van der Waals surface area contributed by atoms with Gasteiger partial charge in [-0.2, -0.15) is 0 Å². The van der Waals surface area contributed by atoms with Gasteiger partial charge in [0.15, 0.2) is 0 Å². The Balaban J connectivity index is 2.01. The molecule has 1 aliphatic rings. The summed E-state index contributed by atoms with van der Waals surface area (Å²) in [5, 5.41) is 1.08. The lowest BCUT2D eigenvalue weighted by Crippen LogP contribution is -2.33. The van der Waals surface area contributed by atoms with Crippen molar-refractivity contribution in [3.05, 3.63) is 59.5 Å². The lowest BCUT2D eigenvalue weighted by Gasteiger charge is -2.29. The van der Waals surface area contributed by atoms with Crippen LogP contribution < -0.4 is 0 Å². The van der Waals surface area contributed by atoms with Crippen LogP contribution >= 0.6 is 23.2 Å². The molecule has 1 saturated heterocycles. The molecule has 0 amide bonds. The van der Waals surface area contributed by atoms with Gasteiger partial charge in [-0.15, -0.1) is 0 Å². The minimum Gasteiger partial charge on any atom is -0.342 e. The Bertz CT molecular complexity index is 603. The van der Waals surface area contributed by atoms with Crippen molar-refractivity contribution in [2.45, 2.75) is 18.4 Å². The summed E-state index contributed by atoms with van der Waals surface area (Å²) >= 11 is 12.2. The third kappa shape index (κ3) is 2.56. The molecular weight excluding hydrogens is 299 g/mol. The summed E-state index contributed by atoms with van der Waals surface area (Å²) in [5.74, 6) is -0.964. The predicted molar refractivity (Wildman–Crippen MR) is 76.5 cm³/mol. The molecule has 3 rings (SSSR count). The van der Waals surface area contributed by atoms with Gasteiger partial charge in [0.25, 0.3) is 0 Å². The summed E-state index contributed by atoms with van der Waals surface area (Å²) in [7, 11) is 0. The fraction of sp³-hybridized carbons (Fsp3) is 0.286. The second-order valence-electron chi connectivity index (χ2n) is 4.66. The third-order valence-corrected chi connectivity index (χ3v) is 3.70. The summed E-state index contributed by atoms with van der Waals surface area (Å²) in [6.07, 6.45) is 5.00. The largest absolute Gasteiger partial charge is 0.342 e. The molecule has 1 fully saturated rings. The molecule has 4 nitrogen and oxygen atoms in total. The van der Waals surface area contributed by atoms with E-state index in [9.17, 15) is 0 Å². The molecule has 0 N–H and O–H groups in total. The van der Waals surface area contributed by atoms with E-state index in [0.29, 0.717) is 23.2 Å². The first-order valence-corrected chi connectivity index (χ1v) is 6.91. The Kier molecular flexibility index (Phi) is 3.73. The van der Waals surface area contributed by atoms with Gasteiger partial charge in [0.2, 0.25) is 5.79 Å². The Hall–Kier alpha value is -1.07. The molecule has 0 aliphatic carbocycles. The molecule has 2 atom stereocenters. The maximum Gasteiger partial charge on any atom is 0.215 e. The Labute approximate surface area is 127 Å². The highest BCUT2D eigenvalue weighted by Gasteiger charge is 2.43. The monoisotopic (exact) mass is 311 g/mol. The second-order valence-corrected chi connectivity index (χ2v) is 5.51. The molecule has 2 unspecified atom stereocenters. The maximum atomic E-state index is 6.30. The van der Waals surface area contributed by atoms with E-state index in [0.717, 1.165) is 5.56 Å². The molecule has 105 valence electrons. The summed E-state index contributed by atoms with van der Waals surface area (Å²) in [5.41, 5.74) is 0.739. The topological polar surface area (TPSA) is 36.3 Å². The zero-order chi connectivity index (χ0) is 14.2. The van der Waals surface area contributed by atoms with E-state index in [1.54, 1.807) is 24.7 Å². The van der Waals surface area contributed by atoms with Crippen LogP contribution in [0.15, 0.2) is 36.9 Å². The molecule has 1 radical (unpaired) electrons. The SMILES string of the molecule is [CH2]C1COC(Cn2ccnc2)(c2ccc(Cl)cc2Cl)O1.